The average Bonchev–Trinajstić information content (AvgIpc) is 2.44. The van der Waals surface area contributed by atoms with Gasteiger partial charge in [0.2, 0.25) is 0 Å². The number of rotatable bonds is 5. The van der Waals surface area contributed by atoms with Crippen molar-refractivity contribution < 1.29 is 18.3 Å². The molecule has 104 valence electrons. The number of Topliss-reactive ketones (excluding diaryl/α,β-unsaturated/α-hetero) is 1. The van der Waals surface area contributed by atoms with E-state index in [1.165, 1.54) is 6.07 Å². The van der Waals surface area contributed by atoms with Gasteiger partial charge in [-0.2, -0.15) is 0 Å². The smallest absolute Gasteiger partial charge is 0.170 e. The van der Waals surface area contributed by atoms with E-state index in [1.54, 1.807) is 24.3 Å². The summed E-state index contributed by atoms with van der Waals surface area (Å²) in [4.78, 5) is 12.2. The molecule has 0 unspecified atom stereocenters. The third-order valence-electron chi connectivity index (χ3n) is 2.84. The molecule has 20 heavy (non-hydrogen) atoms. The van der Waals surface area contributed by atoms with Crippen LogP contribution in [0.3, 0.4) is 0 Å². The van der Waals surface area contributed by atoms with Crippen LogP contribution in [0.25, 0.3) is 0 Å². The van der Waals surface area contributed by atoms with Crippen LogP contribution in [-0.2, 0) is 6.42 Å². The Labute approximate surface area is 116 Å². The molecule has 0 aliphatic carbocycles. The minimum absolute atomic E-state index is 0.00128. The Morgan fingerprint density at radius 2 is 1.85 bits per heavy atom. The number of ketones is 1. The molecule has 0 N–H and O–H groups in total. The molecule has 0 saturated heterocycles. The van der Waals surface area contributed by atoms with E-state index < -0.39 is 11.6 Å². The SMILES string of the molecule is CCOc1ccccc1C(=O)Cc1ccc(F)c(F)c1. The summed E-state index contributed by atoms with van der Waals surface area (Å²) in [5.41, 5.74) is 0.874. The molecule has 0 aliphatic heterocycles. The standard InChI is InChI=1S/C16H14F2O2/c1-2-20-16-6-4-3-5-12(16)15(19)10-11-7-8-13(17)14(18)9-11/h3-9H,2,10H2,1H3. The number of ether oxygens (including phenoxy) is 1. The first-order valence-electron chi connectivity index (χ1n) is 6.30. The molecule has 0 aromatic heterocycles. The van der Waals surface area contributed by atoms with E-state index in [9.17, 15) is 13.6 Å². The van der Waals surface area contributed by atoms with Gasteiger partial charge in [-0.15, -0.1) is 0 Å². The molecule has 2 nitrogen and oxygen atoms in total. The third-order valence-corrected chi connectivity index (χ3v) is 2.84. The van der Waals surface area contributed by atoms with E-state index in [1.807, 2.05) is 6.92 Å². The van der Waals surface area contributed by atoms with Crippen molar-refractivity contribution in [2.24, 2.45) is 0 Å². The molecule has 4 heteroatoms. The highest BCUT2D eigenvalue weighted by molar-refractivity contribution is 5.99. The van der Waals surface area contributed by atoms with Gasteiger partial charge < -0.3 is 4.74 Å². The van der Waals surface area contributed by atoms with Crippen molar-refractivity contribution in [2.75, 3.05) is 6.61 Å². The van der Waals surface area contributed by atoms with Gasteiger partial charge in [0.1, 0.15) is 5.75 Å². The van der Waals surface area contributed by atoms with Gasteiger partial charge in [-0.1, -0.05) is 18.2 Å². The van der Waals surface area contributed by atoms with Crippen LogP contribution in [0.5, 0.6) is 5.75 Å². The van der Waals surface area contributed by atoms with Crippen molar-refractivity contribution in [1.82, 2.24) is 0 Å². The third kappa shape index (κ3) is 3.20. The summed E-state index contributed by atoms with van der Waals surface area (Å²) in [5, 5.41) is 0. The fourth-order valence-electron chi connectivity index (χ4n) is 1.91. The summed E-state index contributed by atoms with van der Waals surface area (Å²) < 4.78 is 31.3. The Bertz CT molecular complexity index is 624. The number of carbonyl (C=O) groups is 1. The van der Waals surface area contributed by atoms with Crippen LogP contribution in [0, 0.1) is 11.6 Å². The zero-order chi connectivity index (χ0) is 14.5. The lowest BCUT2D eigenvalue weighted by molar-refractivity contribution is 0.0989. The second kappa shape index (κ2) is 6.28. The van der Waals surface area contributed by atoms with Crippen molar-refractivity contribution >= 4 is 5.78 Å². The second-order valence-electron chi connectivity index (χ2n) is 4.28. The normalized spacial score (nSPS) is 10.3. The van der Waals surface area contributed by atoms with Gasteiger partial charge in [-0.3, -0.25) is 4.79 Å². The number of hydrogen-bond donors (Lipinski definition) is 0. The second-order valence-corrected chi connectivity index (χ2v) is 4.28. The Morgan fingerprint density at radius 1 is 1.10 bits per heavy atom. The Kier molecular flexibility index (Phi) is 4.45. The van der Waals surface area contributed by atoms with Crippen molar-refractivity contribution in [2.45, 2.75) is 13.3 Å². The number of benzene rings is 2. The van der Waals surface area contributed by atoms with Crippen LogP contribution >= 0.6 is 0 Å². The first kappa shape index (κ1) is 14.2. The lowest BCUT2D eigenvalue weighted by Gasteiger charge is -2.09. The molecule has 0 bridgehead atoms. The summed E-state index contributed by atoms with van der Waals surface area (Å²) >= 11 is 0. The summed E-state index contributed by atoms with van der Waals surface area (Å²) in [6.45, 7) is 2.28. The molecule has 0 spiro atoms. The van der Waals surface area contributed by atoms with E-state index in [4.69, 9.17) is 4.74 Å². The van der Waals surface area contributed by atoms with Crippen LogP contribution in [0.4, 0.5) is 8.78 Å². The molecule has 0 fully saturated rings. The predicted molar refractivity (Wildman–Crippen MR) is 72.0 cm³/mol. The summed E-state index contributed by atoms with van der Waals surface area (Å²) in [6, 6.07) is 10.3. The monoisotopic (exact) mass is 276 g/mol. The highest BCUT2D eigenvalue weighted by Gasteiger charge is 2.13. The van der Waals surface area contributed by atoms with Gasteiger partial charge >= 0.3 is 0 Å². The van der Waals surface area contributed by atoms with Crippen LogP contribution in [0.2, 0.25) is 0 Å². The minimum Gasteiger partial charge on any atom is -0.493 e. The number of hydrogen-bond acceptors (Lipinski definition) is 2. The van der Waals surface area contributed by atoms with Gasteiger partial charge in [0.05, 0.1) is 12.2 Å². The lowest BCUT2D eigenvalue weighted by Crippen LogP contribution is -2.07. The van der Waals surface area contributed by atoms with E-state index in [-0.39, 0.29) is 12.2 Å². The van der Waals surface area contributed by atoms with Gasteiger partial charge in [-0.05, 0) is 36.8 Å². The zero-order valence-electron chi connectivity index (χ0n) is 11.0. The number of halogens is 2. The summed E-state index contributed by atoms with van der Waals surface area (Å²) in [5.74, 6) is -1.56. The van der Waals surface area contributed by atoms with Gasteiger partial charge in [-0.25, -0.2) is 8.78 Å². The van der Waals surface area contributed by atoms with Crippen molar-refractivity contribution in [3.63, 3.8) is 0 Å². The zero-order valence-corrected chi connectivity index (χ0v) is 11.0. The fraction of sp³-hybridized carbons (Fsp3) is 0.188. The average molecular weight is 276 g/mol. The van der Waals surface area contributed by atoms with Gasteiger partial charge in [0.25, 0.3) is 0 Å². The fourth-order valence-corrected chi connectivity index (χ4v) is 1.91. The molecule has 0 saturated carbocycles. The Morgan fingerprint density at radius 3 is 2.55 bits per heavy atom. The maximum atomic E-state index is 13.1. The highest BCUT2D eigenvalue weighted by Crippen LogP contribution is 2.20. The molecular weight excluding hydrogens is 262 g/mol. The quantitative estimate of drug-likeness (QED) is 0.777. The Hall–Kier alpha value is -2.23. The van der Waals surface area contributed by atoms with Crippen LogP contribution < -0.4 is 4.74 Å². The molecule has 2 aromatic carbocycles. The van der Waals surface area contributed by atoms with Crippen LogP contribution in [0.15, 0.2) is 42.5 Å². The summed E-state index contributed by atoms with van der Waals surface area (Å²) in [7, 11) is 0. The topological polar surface area (TPSA) is 26.3 Å². The molecule has 0 aliphatic rings. The van der Waals surface area contributed by atoms with E-state index in [0.29, 0.717) is 23.5 Å². The Balaban J connectivity index is 2.21. The van der Waals surface area contributed by atoms with Crippen molar-refractivity contribution in [1.29, 1.82) is 0 Å². The van der Waals surface area contributed by atoms with E-state index >= 15 is 0 Å². The molecule has 0 amide bonds. The summed E-state index contributed by atoms with van der Waals surface area (Å²) in [6.07, 6.45) is 0.00128. The first-order valence-corrected chi connectivity index (χ1v) is 6.30. The number of carbonyl (C=O) groups excluding carboxylic acids is 1. The molecule has 0 heterocycles. The van der Waals surface area contributed by atoms with Crippen LogP contribution in [0.1, 0.15) is 22.8 Å². The maximum absolute atomic E-state index is 13.1. The lowest BCUT2D eigenvalue weighted by atomic mass is 10.0. The maximum Gasteiger partial charge on any atom is 0.170 e. The van der Waals surface area contributed by atoms with Gasteiger partial charge in [0.15, 0.2) is 17.4 Å². The number of para-hydroxylation sites is 1. The molecule has 2 rings (SSSR count). The predicted octanol–water partition coefficient (Wildman–Crippen LogP) is 3.79. The molecule has 0 atom stereocenters. The molecular formula is C16H14F2O2. The van der Waals surface area contributed by atoms with Crippen LogP contribution in [-0.4, -0.2) is 12.4 Å². The highest BCUT2D eigenvalue weighted by atomic mass is 19.2. The van der Waals surface area contributed by atoms with Gasteiger partial charge in [0, 0.05) is 6.42 Å². The first-order chi connectivity index (χ1) is 9.61. The molecule has 2 aromatic rings. The van der Waals surface area contributed by atoms with Crippen molar-refractivity contribution in [3.8, 4) is 5.75 Å². The van der Waals surface area contributed by atoms with Crippen molar-refractivity contribution in [3.05, 3.63) is 65.2 Å². The largest absolute Gasteiger partial charge is 0.493 e. The minimum atomic E-state index is -0.951. The molecule has 0 radical (unpaired) electrons. The van der Waals surface area contributed by atoms with E-state index in [0.717, 1.165) is 12.1 Å². The van der Waals surface area contributed by atoms with E-state index in [2.05, 4.69) is 0 Å².